The van der Waals surface area contributed by atoms with Crippen molar-refractivity contribution in [1.29, 1.82) is 0 Å². The van der Waals surface area contributed by atoms with Crippen molar-refractivity contribution < 1.29 is 4.79 Å². The Labute approximate surface area is 109 Å². The van der Waals surface area contributed by atoms with E-state index < -0.39 is 5.54 Å². The van der Waals surface area contributed by atoms with Gasteiger partial charge >= 0.3 is 0 Å². The standard InChI is InChI=1S/C14H21N3O/c1-4-5-6-12(2)17-11-15-13(18)14(17)7-9-16(3)10-8-14/h4-6H,1-2,7-11H2,3H3,(H,15,18)/b6-5-. The number of nitrogens with one attached hydrogen (secondary N) is 1. The Morgan fingerprint density at radius 3 is 2.72 bits per heavy atom. The molecule has 2 aliphatic rings. The summed E-state index contributed by atoms with van der Waals surface area (Å²) in [5.41, 5.74) is 0.479. The van der Waals surface area contributed by atoms with Crippen molar-refractivity contribution in [3.05, 3.63) is 37.1 Å². The first-order valence-electron chi connectivity index (χ1n) is 6.33. The Morgan fingerprint density at radius 2 is 2.11 bits per heavy atom. The van der Waals surface area contributed by atoms with Crippen molar-refractivity contribution in [2.75, 3.05) is 26.8 Å². The monoisotopic (exact) mass is 247 g/mol. The number of piperidine rings is 1. The highest BCUT2D eigenvalue weighted by atomic mass is 16.2. The summed E-state index contributed by atoms with van der Waals surface area (Å²) in [4.78, 5) is 16.6. The molecule has 0 aromatic rings. The molecule has 0 atom stereocenters. The van der Waals surface area contributed by atoms with Gasteiger partial charge in [0.15, 0.2) is 0 Å². The van der Waals surface area contributed by atoms with E-state index in [4.69, 9.17) is 0 Å². The molecule has 0 bridgehead atoms. The first-order chi connectivity index (χ1) is 8.60. The van der Waals surface area contributed by atoms with Gasteiger partial charge in [0.25, 0.3) is 0 Å². The van der Waals surface area contributed by atoms with Gasteiger partial charge in [-0.25, -0.2) is 0 Å². The molecule has 4 heteroatoms. The van der Waals surface area contributed by atoms with Crippen LogP contribution in [0.15, 0.2) is 37.1 Å². The molecule has 1 spiro atoms. The molecule has 2 saturated heterocycles. The van der Waals surface area contributed by atoms with E-state index in [2.05, 4.69) is 35.3 Å². The van der Waals surface area contributed by atoms with Gasteiger partial charge in [0, 0.05) is 18.8 Å². The van der Waals surface area contributed by atoms with E-state index in [1.807, 2.05) is 12.2 Å². The lowest BCUT2D eigenvalue weighted by Gasteiger charge is -2.42. The van der Waals surface area contributed by atoms with E-state index >= 15 is 0 Å². The molecule has 0 unspecified atom stereocenters. The second-order valence-electron chi connectivity index (χ2n) is 5.01. The number of carbonyl (C=O) groups is 1. The van der Waals surface area contributed by atoms with E-state index in [1.54, 1.807) is 6.08 Å². The van der Waals surface area contributed by atoms with Crippen LogP contribution in [0.1, 0.15) is 12.8 Å². The van der Waals surface area contributed by atoms with Crippen molar-refractivity contribution in [2.45, 2.75) is 18.4 Å². The zero-order valence-corrected chi connectivity index (χ0v) is 11.0. The molecule has 18 heavy (non-hydrogen) atoms. The summed E-state index contributed by atoms with van der Waals surface area (Å²) in [6.07, 6.45) is 7.20. The maximum atomic E-state index is 12.2. The smallest absolute Gasteiger partial charge is 0.247 e. The molecule has 0 aliphatic carbocycles. The highest BCUT2D eigenvalue weighted by molar-refractivity contribution is 5.88. The van der Waals surface area contributed by atoms with Gasteiger partial charge in [-0.15, -0.1) is 0 Å². The number of carbonyl (C=O) groups excluding carboxylic acids is 1. The lowest BCUT2D eigenvalue weighted by molar-refractivity contribution is -0.128. The van der Waals surface area contributed by atoms with Crippen LogP contribution >= 0.6 is 0 Å². The fourth-order valence-corrected chi connectivity index (χ4v) is 2.72. The van der Waals surface area contributed by atoms with Gasteiger partial charge in [0.05, 0.1) is 6.67 Å². The molecule has 4 nitrogen and oxygen atoms in total. The van der Waals surface area contributed by atoms with Crippen molar-refractivity contribution in [1.82, 2.24) is 15.1 Å². The zero-order valence-electron chi connectivity index (χ0n) is 11.0. The van der Waals surface area contributed by atoms with Crippen LogP contribution in [-0.2, 0) is 4.79 Å². The fourth-order valence-electron chi connectivity index (χ4n) is 2.72. The molecule has 2 rings (SSSR count). The molecular formula is C14H21N3O. The van der Waals surface area contributed by atoms with E-state index in [1.165, 1.54) is 0 Å². The average molecular weight is 247 g/mol. The highest BCUT2D eigenvalue weighted by Gasteiger charge is 2.49. The molecule has 2 aliphatic heterocycles. The van der Waals surface area contributed by atoms with Crippen LogP contribution in [-0.4, -0.2) is 48.1 Å². The quantitative estimate of drug-likeness (QED) is 0.759. The molecule has 0 aromatic heterocycles. The molecule has 2 fully saturated rings. The minimum Gasteiger partial charge on any atom is -0.340 e. The van der Waals surface area contributed by atoms with Gasteiger partial charge in [0.2, 0.25) is 5.91 Å². The first-order valence-corrected chi connectivity index (χ1v) is 6.33. The van der Waals surface area contributed by atoms with Crippen LogP contribution in [0.5, 0.6) is 0 Å². The van der Waals surface area contributed by atoms with Crippen molar-refractivity contribution in [2.24, 2.45) is 0 Å². The van der Waals surface area contributed by atoms with Gasteiger partial charge in [-0.2, -0.15) is 0 Å². The topological polar surface area (TPSA) is 35.6 Å². The maximum Gasteiger partial charge on any atom is 0.247 e. The Hall–Kier alpha value is -1.55. The second kappa shape index (κ2) is 4.98. The van der Waals surface area contributed by atoms with Crippen molar-refractivity contribution in [3.8, 4) is 0 Å². The van der Waals surface area contributed by atoms with Crippen LogP contribution in [0.4, 0.5) is 0 Å². The largest absolute Gasteiger partial charge is 0.340 e. The molecule has 0 radical (unpaired) electrons. The number of nitrogens with zero attached hydrogens (tertiary/aromatic N) is 2. The lowest BCUT2D eigenvalue weighted by Crippen LogP contribution is -2.54. The number of amides is 1. The third kappa shape index (κ3) is 2.08. The predicted molar refractivity (Wildman–Crippen MR) is 72.8 cm³/mol. The first kappa shape index (κ1) is 12.9. The summed E-state index contributed by atoms with van der Waals surface area (Å²) >= 11 is 0. The van der Waals surface area contributed by atoms with Gasteiger partial charge in [-0.1, -0.05) is 25.3 Å². The predicted octanol–water partition coefficient (Wildman–Crippen LogP) is 1.10. The summed E-state index contributed by atoms with van der Waals surface area (Å²) < 4.78 is 0. The molecule has 0 aromatic carbocycles. The molecule has 2 heterocycles. The Morgan fingerprint density at radius 1 is 1.44 bits per heavy atom. The summed E-state index contributed by atoms with van der Waals surface area (Å²) in [7, 11) is 2.09. The van der Waals surface area contributed by atoms with Crippen LogP contribution in [0.3, 0.4) is 0 Å². The van der Waals surface area contributed by atoms with Gasteiger partial charge in [-0.05, 0) is 26.0 Å². The second-order valence-corrected chi connectivity index (χ2v) is 5.01. The lowest BCUT2D eigenvalue weighted by atomic mass is 9.86. The van der Waals surface area contributed by atoms with Crippen molar-refractivity contribution >= 4 is 5.91 Å². The van der Waals surface area contributed by atoms with Crippen molar-refractivity contribution in [3.63, 3.8) is 0 Å². The molecule has 98 valence electrons. The number of allylic oxidation sites excluding steroid dienone is 3. The minimum absolute atomic E-state index is 0.142. The normalized spacial score (nSPS) is 23.6. The minimum atomic E-state index is -0.394. The number of rotatable bonds is 3. The van der Waals surface area contributed by atoms with Gasteiger partial charge < -0.3 is 15.1 Å². The maximum absolute atomic E-state index is 12.2. The Balaban J connectivity index is 2.19. The van der Waals surface area contributed by atoms with E-state index in [-0.39, 0.29) is 5.91 Å². The zero-order chi connectivity index (χ0) is 13.2. The fraction of sp³-hybridized carbons (Fsp3) is 0.500. The summed E-state index contributed by atoms with van der Waals surface area (Å²) in [5, 5.41) is 2.95. The van der Waals surface area contributed by atoms with Gasteiger partial charge in [0.1, 0.15) is 5.54 Å². The molecule has 0 saturated carbocycles. The summed E-state index contributed by atoms with van der Waals surface area (Å²) in [5.74, 6) is 0.142. The van der Waals surface area contributed by atoms with E-state index in [0.717, 1.165) is 31.6 Å². The van der Waals surface area contributed by atoms with Crippen LogP contribution in [0.25, 0.3) is 0 Å². The average Bonchev–Trinajstić information content (AvgIpc) is 2.68. The number of hydrogen-bond donors (Lipinski definition) is 1. The number of likely N-dealkylation sites (tertiary alicyclic amines) is 1. The summed E-state index contributed by atoms with van der Waals surface area (Å²) in [6, 6.07) is 0. The third-order valence-electron chi connectivity index (χ3n) is 3.92. The Bertz CT molecular complexity index is 392. The van der Waals surface area contributed by atoms with Crippen LogP contribution < -0.4 is 5.32 Å². The SMILES string of the molecule is C=C/C=C\C(=C)N1CNC(=O)C12CCN(C)CC2. The van der Waals surface area contributed by atoms with Gasteiger partial charge in [-0.3, -0.25) is 4.79 Å². The third-order valence-corrected chi connectivity index (χ3v) is 3.92. The molecule has 1 N–H and O–H groups in total. The van der Waals surface area contributed by atoms with Crippen LogP contribution in [0, 0.1) is 0 Å². The van der Waals surface area contributed by atoms with E-state index in [9.17, 15) is 4.79 Å². The summed E-state index contributed by atoms with van der Waals surface area (Å²) in [6.45, 7) is 10.2. The number of hydrogen-bond acceptors (Lipinski definition) is 3. The highest BCUT2D eigenvalue weighted by Crippen LogP contribution is 2.34. The van der Waals surface area contributed by atoms with E-state index in [0.29, 0.717) is 6.67 Å². The Kier molecular flexibility index (Phi) is 3.57. The molecule has 1 amide bonds. The molecular weight excluding hydrogens is 226 g/mol. The van der Waals surface area contributed by atoms with Crippen LogP contribution in [0.2, 0.25) is 0 Å².